The Balaban J connectivity index is 1.27. The molecule has 2 N–H and O–H groups in total. The third kappa shape index (κ3) is 4.53. The van der Waals surface area contributed by atoms with Crippen LogP contribution in [-0.4, -0.2) is 56.1 Å². The van der Waals surface area contributed by atoms with Crippen LogP contribution in [0.5, 0.6) is 5.88 Å². The Morgan fingerprint density at radius 1 is 1.33 bits per heavy atom. The summed E-state index contributed by atoms with van der Waals surface area (Å²) in [4.78, 5) is 36.4. The van der Waals surface area contributed by atoms with Gasteiger partial charge in [-0.2, -0.15) is 5.10 Å². The van der Waals surface area contributed by atoms with Crippen molar-refractivity contribution in [2.45, 2.75) is 44.2 Å². The van der Waals surface area contributed by atoms with Gasteiger partial charge in [-0.1, -0.05) is 11.6 Å². The monoisotopic (exact) mass is 512 g/mol. The van der Waals surface area contributed by atoms with E-state index in [1.807, 2.05) is 11.8 Å². The van der Waals surface area contributed by atoms with E-state index in [1.54, 1.807) is 18.3 Å². The number of nitrogens with zero attached hydrogens (tertiary/aromatic N) is 4. The predicted molar refractivity (Wildman–Crippen MR) is 130 cm³/mol. The summed E-state index contributed by atoms with van der Waals surface area (Å²) in [6.07, 6.45) is 5.49. The fourth-order valence-electron chi connectivity index (χ4n) is 4.91. The van der Waals surface area contributed by atoms with Gasteiger partial charge in [0.25, 0.3) is 5.91 Å². The van der Waals surface area contributed by atoms with Gasteiger partial charge in [0.1, 0.15) is 0 Å². The van der Waals surface area contributed by atoms with E-state index in [1.165, 1.54) is 19.2 Å². The highest BCUT2D eigenvalue weighted by molar-refractivity contribution is 6.31. The van der Waals surface area contributed by atoms with Gasteiger partial charge in [0.15, 0.2) is 11.5 Å². The first-order chi connectivity index (χ1) is 17.3. The molecule has 1 saturated heterocycles. The zero-order valence-electron chi connectivity index (χ0n) is 19.9. The Morgan fingerprint density at radius 2 is 2.14 bits per heavy atom. The number of aromatic nitrogens is 4. The van der Waals surface area contributed by atoms with E-state index in [0.717, 1.165) is 19.0 Å². The number of carbonyl (C=O) groups excluding carboxylic acids is 2. The van der Waals surface area contributed by atoms with Crippen LogP contribution >= 0.6 is 11.6 Å². The number of ether oxygens (including phenoxy) is 1. The van der Waals surface area contributed by atoms with Crippen molar-refractivity contribution in [1.29, 1.82) is 0 Å². The number of nitrogens with one attached hydrogen (secondary N) is 2. The summed E-state index contributed by atoms with van der Waals surface area (Å²) in [5.41, 5.74) is 1.05. The van der Waals surface area contributed by atoms with Crippen molar-refractivity contribution >= 4 is 23.4 Å². The van der Waals surface area contributed by atoms with E-state index in [2.05, 4.69) is 25.5 Å². The normalized spacial score (nSPS) is 19.1. The topological polar surface area (TPSA) is 113 Å². The summed E-state index contributed by atoms with van der Waals surface area (Å²) in [5, 5.41) is 10.4. The van der Waals surface area contributed by atoms with Gasteiger partial charge in [-0.3, -0.25) is 19.7 Å². The van der Waals surface area contributed by atoms with Crippen molar-refractivity contribution < 1.29 is 18.7 Å². The Hall–Kier alpha value is -3.53. The van der Waals surface area contributed by atoms with Crippen LogP contribution in [0, 0.1) is 11.7 Å². The lowest BCUT2D eigenvalue weighted by atomic mass is 9.87. The van der Waals surface area contributed by atoms with Crippen molar-refractivity contribution in [2.75, 3.05) is 13.7 Å². The van der Waals surface area contributed by atoms with Crippen LogP contribution in [-0.2, 0) is 4.79 Å². The number of H-pyrrole nitrogens is 1. The molecule has 1 unspecified atom stereocenters. The summed E-state index contributed by atoms with van der Waals surface area (Å²) in [7, 11) is 1.44. The third-order valence-corrected chi connectivity index (χ3v) is 7.35. The molecule has 1 aliphatic heterocycles. The summed E-state index contributed by atoms with van der Waals surface area (Å²) in [6.45, 7) is 2.29. The van der Waals surface area contributed by atoms with E-state index >= 15 is 0 Å². The number of aromatic amines is 1. The fourth-order valence-corrected chi connectivity index (χ4v) is 5.20. The number of likely N-dealkylation sites (tertiary alicyclic amines) is 1. The average Bonchev–Trinajstić information content (AvgIpc) is 3.45. The molecule has 0 aromatic carbocycles. The predicted octanol–water partition coefficient (Wildman–Crippen LogP) is 3.93. The molecule has 1 aliphatic carbocycles. The number of methoxy groups -OCH3 is 1. The number of amides is 2. The van der Waals surface area contributed by atoms with Gasteiger partial charge in [-0.05, 0) is 50.8 Å². The quantitative estimate of drug-likeness (QED) is 0.517. The van der Waals surface area contributed by atoms with Crippen LogP contribution in [0.25, 0.3) is 11.3 Å². The molecule has 2 aliphatic rings. The Bertz CT molecular complexity index is 1310. The standard InChI is InChI=1S/C25H26ClFN6O3/c1-14(22-17(26)4-3-8-28-22)30-23(34)15-5-9-33(25(12-15)6-7-25)24(35)20-11-19(31-32-20)16-10-21(36-2)29-13-18(16)27/h3-4,8,10-11,13-15H,5-7,9,12H2,1-2H3,(H,30,34)(H,31,32)/t14?,15-/m0/s1. The minimum absolute atomic E-state index is 0.0632. The zero-order chi connectivity index (χ0) is 25.4. The average molecular weight is 513 g/mol. The first-order valence-electron chi connectivity index (χ1n) is 11.8. The Kier molecular flexibility index (Phi) is 6.38. The molecule has 188 valence electrons. The molecule has 1 spiro atoms. The molecule has 5 rings (SSSR count). The second-order valence-corrected chi connectivity index (χ2v) is 9.75. The number of hydrogen-bond acceptors (Lipinski definition) is 6. The minimum Gasteiger partial charge on any atom is -0.481 e. The molecule has 2 amide bonds. The SMILES string of the molecule is COc1cc(-c2cc(C(=O)N3CC[C@H](C(=O)NC(C)c4ncccc4Cl)CC34CC4)n[nH]2)c(F)cn1. The second kappa shape index (κ2) is 9.50. The second-order valence-electron chi connectivity index (χ2n) is 9.34. The van der Waals surface area contributed by atoms with Crippen LogP contribution < -0.4 is 10.1 Å². The van der Waals surface area contributed by atoms with Gasteiger partial charge in [0, 0.05) is 35.8 Å². The molecular formula is C25H26ClFN6O3. The van der Waals surface area contributed by atoms with Gasteiger partial charge in [0.05, 0.1) is 35.8 Å². The summed E-state index contributed by atoms with van der Waals surface area (Å²) < 4.78 is 19.4. The van der Waals surface area contributed by atoms with Gasteiger partial charge in [-0.15, -0.1) is 0 Å². The lowest BCUT2D eigenvalue weighted by molar-refractivity contribution is -0.128. The Labute approximate surface area is 212 Å². The maximum Gasteiger partial charge on any atom is 0.274 e. The molecule has 3 aromatic rings. The molecule has 9 nitrogen and oxygen atoms in total. The number of hydrogen-bond donors (Lipinski definition) is 2. The maximum atomic E-state index is 14.3. The molecule has 0 bridgehead atoms. The van der Waals surface area contributed by atoms with Crippen molar-refractivity contribution in [3.05, 3.63) is 58.9 Å². The molecule has 36 heavy (non-hydrogen) atoms. The first-order valence-corrected chi connectivity index (χ1v) is 12.2. The first kappa shape index (κ1) is 24.2. The van der Waals surface area contributed by atoms with Gasteiger partial charge in [-0.25, -0.2) is 9.37 Å². The summed E-state index contributed by atoms with van der Waals surface area (Å²) in [6, 6.07) is 6.15. The number of rotatable bonds is 6. The number of halogens is 2. The molecule has 3 aromatic heterocycles. The Morgan fingerprint density at radius 3 is 2.86 bits per heavy atom. The zero-order valence-corrected chi connectivity index (χ0v) is 20.7. The minimum atomic E-state index is -0.551. The number of piperidine rings is 1. The highest BCUT2D eigenvalue weighted by Crippen LogP contribution is 2.50. The maximum absolute atomic E-state index is 14.3. The summed E-state index contributed by atoms with van der Waals surface area (Å²) in [5.74, 6) is -0.804. The third-order valence-electron chi connectivity index (χ3n) is 7.03. The highest BCUT2D eigenvalue weighted by atomic mass is 35.5. The lowest BCUT2D eigenvalue weighted by Crippen LogP contribution is -2.51. The summed E-state index contributed by atoms with van der Waals surface area (Å²) >= 11 is 6.22. The number of carbonyl (C=O) groups is 2. The van der Waals surface area contributed by atoms with Crippen molar-refractivity contribution in [2.24, 2.45) is 5.92 Å². The van der Waals surface area contributed by atoms with E-state index < -0.39 is 5.82 Å². The van der Waals surface area contributed by atoms with Crippen LogP contribution in [0.4, 0.5) is 4.39 Å². The van der Waals surface area contributed by atoms with E-state index in [-0.39, 0.29) is 46.5 Å². The van der Waals surface area contributed by atoms with Crippen LogP contribution in [0.2, 0.25) is 5.02 Å². The van der Waals surface area contributed by atoms with Gasteiger partial charge in [0.2, 0.25) is 11.8 Å². The number of pyridine rings is 2. The lowest BCUT2D eigenvalue weighted by Gasteiger charge is -2.39. The van der Waals surface area contributed by atoms with E-state index in [9.17, 15) is 14.0 Å². The fraction of sp³-hybridized carbons (Fsp3) is 0.400. The van der Waals surface area contributed by atoms with Gasteiger partial charge < -0.3 is 15.0 Å². The molecular weight excluding hydrogens is 487 g/mol. The molecule has 2 fully saturated rings. The van der Waals surface area contributed by atoms with Gasteiger partial charge >= 0.3 is 0 Å². The smallest absolute Gasteiger partial charge is 0.274 e. The van der Waals surface area contributed by atoms with Crippen molar-refractivity contribution in [3.63, 3.8) is 0 Å². The molecule has 11 heteroatoms. The molecule has 4 heterocycles. The van der Waals surface area contributed by atoms with Crippen molar-refractivity contribution in [1.82, 2.24) is 30.4 Å². The van der Waals surface area contributed by atoms with Crippen molar-refractivity contribution in [3.8, 4) is 17.1 Å². The van der Waals surface area contributed by atoms with Crippen LogP contribution in [0.15, 0.2) is 36.7 Å². The molecule has 1 saturated carbocycles. The van der Waals surface area contributed by atoms with E-state index in [4.69, 9.17) is 16.3 Å². The highest BCUT2D eigenvalue weighted by Gasteiger charge is 2.54. The van der Waals surface area contributed by atoms with E-state index in [0.29, 0.717) is 35.8 Å². The molecule has 2 atom stereocenters. The largest absolute Gasteiger partial charge is 0.481 e. The van der Waals surface area contributed by atoms with Crippen LogP contribution in [0.3, 0.4) is 0 Å². The van der Waals surface area contributed by atoms with Crippen LogP contribution in [0.1, 0.15) is 54.8 Å². The molecule has 0 radical (unpaired) electrons.